The third-order valence-electron chi connectivity index (χ3n) is 4.91. The second-order valence-corrected chi connectivity index (χ2v) is 6.56. The summed E-state index contributed by atoms with van der Waals surface area (Å²) in [6.45, 7) is 4.50. The van der Waals surface area contributed by atoms with Crippen LogP contribution in [-0.2, 0) is 19.4 Å². The highest BCUT2D eigenvalue weighted by Gasteiger charge is 2.24. The van der Waals surface area contributed by atoms with E-state index in [2.05, 4.69) is 31.2 Å². The van der Waals surface area contributed by atoms with E-state index in [0.717, 1.165) is 48.2 Å². The van der Waals surface area contributed by atoms with Crippen molar-refractivity contribution in [2.45, 2.75) is 26.3 Å². The van der Waals surface area contributed by atoms with Crippen LogP contribution in [0.1, 0.15) is 23.6 Å². The quantitative estimate of drug-likeness (QED) is 0.744. The van der Waals surface area contributed by atoms with Crippen molar-refractivity contribution in [3.05, 3.63) is 75.6 Å². The van der Waals surface area contributed by atoms with Crippen LogP contribution < -0.4 is 15.3 Å². The van der Waals surface area contributed by atoms with Gasteiger partial charge in [0.1, 0.15) is 12.3 Å². The Bertz CT molecular complexity index is 947. The minimum Gasteiger partial charge on any atom is -0.445 e. The number of fused-ring (bicyclic) bond motifs is 3. The highest BCUT2D eigenvalue weighted by Crippen LogP contribution is 2.30. The zero-order valence-electron chi connectivity index (χ0n) is 14.4. The monoisotopic (exact) mass is 336 g/mol. The smallest absolute Gasteiger partial charge is 0.336 e. The van der Waals surface area contributed by atoms with Gasteiger partial charge in [-0.2, -0.15) is 0 Å². The first kappa shape index (κ1) is 15.9. The van der Waals surface area contributed by atoms with Crippen molar-refractivity contribution in [1.82, 2.24) is 0 Å². The molecule has 0 fully saturated rings. The van der Waals surface area contributed by atoms with Gasteiger partial charge in [-0.15, -0.1) is 0 Å². The van der Waals surface area contributed by atoms with Gasteiger partial charge in [-0.1, -0.05) is 37.3 Å². The molecule has 4 heteroatoms. The molecule has 2 aromatic carbocycles. The van der Waals surface area contributed by atoms with E-state index < -0.39 is 0 Å². The van der Waals surface area contributed by atoms with E-state index in [-0.39, 0.29) is 5.63 Å². The van der Waals surface area contributed by atoms with Crippen molar-refractivity contribution in [3.8, 4) is 5.75 Å². The summed E-state index contributed by atoms with van der Waals surface area (Å²) in [6.07, 6.45) is 1.82. The number of benzene rings is 2. The number of nitrogens with one attached hydrogen (secondary N) is 1. The molecule has 1 aromatic heterocycles. The standard InChI is InChI=1S/C21H21NO3/c1-2-16-12-20(23)25-21-17(16)8-9-19-18(21)13-22(14-24-19)11-10-15-6-4-3-5-7-15/h3-9,12H,2,10-11,13-14H2,1H3/p+1. The van der Waals surface area contributed by atoms with Crippen molar-refractivity contribution >= 4 is 11.0 Å². The Balaban J connectivity index is 1.63. The lowest BCUT2D eigenvalue weighted by molar-refractivity contribution is -0.932. The summed E-state index contributed by atoms with van der Waals surface area (Å²) in [5, 5.41) is 1.02. The molecule has 2 heterocycles. The molecule has 3 aromatic rings. The van der Waals surface area contributed by atoms with Crippen LogP contribution in [0.25, 0.3) is 11.0 Å². The van der Waals surface area contributed by atoms with Crippen LogP contribution in [0.4, 0.5) is 0 Å². The lowest BCUT2D eigenvalue weighted by Gasteiger charge is -2.26. The van der Waals surface area contributed by atoms with Gasteiger partial charge in [0.15, 0.2) is 5.58 Å². The first-order chi connectivity index (χ1) is 12.2. The maximum Gasteiger partial charge on any atom is 0.336 e. The molecule has 0 radical (unpaired) electrons. The molecule has 1 atom stereocenters. The summed E-state index contributed by atoms with van der Waals surface area (Å²) < 4.78 is 11.5. The van der Waals surface area contributed by atoms with Crippen molar-refractivity contribution in [3.63, 3.8) is 0 Å². The van der Waals surface area contributed by atoms with Gasteiger partial charge in [-0.25, -0.2) is 4.79 Å². The second-order valence-electron chi connectivity index (χ2n) is 6.56. The average molecular weight is 336 g/mol. The fraction of sp³-hybridized carbons (Fsp3) is 0.286. The molecular formula is C21H22NO3+. The molecule has 1 unspecified atom stereocenters. The van der Waals surface area contributed by atoms with E-state index in [4.69, 9.17) is 9.15 Å². The Labute approximate surface area is 146 Å². The molecule has 4 rings (SSSR count). The number of ether oxygens (including phenoxy) is 1. The van der Waals surface area contributed by atoms with Gasteiger partial charge in [-0.05, 0) is 29.7 Å². The van der Waals surface area contributed by atoms with Gasteiger partial charge in [0, 0.05) is 17.9 Å². The summed E-state index contributed by atoms with van der Waals surface area (Å²) in [7, 11) is 0. The molecule has 128 valence electrons. The largest absolute Gasteiger partial charge is 0.445 e. The Morgan fingerprint density at radius 1 is 1.12 bits per heavy atom. The third kappa shape index (κ3) is 3.17. The maximum absolute atomic E-state index is 11.9. The molecule has 1 aliphatic heterocycles. The predicted molar refractivity (Wildman–Crippen MR) is 97.0 cm³/mol. The second kappa shape index (κ2) is 6.73. The SMILES string of the molecule is CCc1cc(=O)oc2c3c(ccc12)OC[NH+](CCc1ccccc1)C3. The molecule has 1 N–H and O–H groups in total. The highest BCUT2D eigenvalue weighted by atomic mass is 16.5. The number of quaternary nitrogens is 1. The molecule has 0 bridgehead atoms. The van der Waals surface area contributed by atoms with Crippen molar-refractivity contribution < 1.29 is 14.1 Å². The molecule has 0 saturated carbocycles. The van der Waals surface area contributed by atoms with Gasteiger partial charge in [0.05, 0.1) is 12.1 Å². The molecule has 0 saturated heterocycles. The summed E-state index contributed by atoms with van der Waals surface area (Å²) in [4.78, 5) is 13.3. The fourth-order valence-electron chi connectivity index (χ4n) is 3.53. The van der Waals surface area contributed by atoms with Crippen molar-refractivity contribution in [2.75, 3.05) is 13.3 Å². The first-order valence-corrected chi connectivity index (χ1v) is 8.83. The van der Waals surface area contributed by atoms with E-state index in [1.165, 1.54) is 10.5 Å². The fourth-order valence-corrected chi connectivity index (χ4v) is 3.53. The van der Waals surface area contributed by atoms with Crippen LogP contribution in [-0.4, -0.2) is 13.3 Å². The molecule has 4 nitrogen and oxygen atoms in total. The highest BCUT2D eigenvalue weighted by molar-refractivity contribution is 5.85. The summed E-state index contributed by atoms with van der Waals surface area (Å²) in [5.74, 6) is 0.840. The summed E-state index contributed by atoms with van der Waals surface area (Å²) in [5.41, 5.74) is 3.79. The minimum absolute atomic E-state index is 0.283. The molecule has 0 spiro atoms. The van der Waals surface area contributed by atoms with E-state index in [0.29, 0.717) is 12.3 Å². The van der Waals surface area contributed by atoms with Gasteiger partial charge >= 0.3 is 5.63 Å². The zero-order chi connectivity index (χ0) is 17.2. The van der Waals surface area contributed by atoms with E-state index >= 15 is 0 Å². The maximum atomic E-state index is 11.9. The van der Waals surface area contributed by atoms with E-state index in [1.807, 2.05) is 18.2 Å². The zero-order valence-corrected chi connectivity index (χ0v) is 14.4. The summed E-state index contributed by atoms with van der Waals surface area (Å²) >= 11 is 0. The van der Waals surface area contributed by atoms with Crippen LogP contribution in [0.15, 0.2) is 57.7 Å². The Hall–Kier alpha value is -2.59. The lowest BCUT2D eigenvalue weighted by Crippen LogP contribution is -3.12. The van der Waals surface area contributed by atoms with Gasteiger partial charge in [0.2, 0.25) is 6.73 Å². The Morgan fingerprint density at radius 3 is 2.76 bits per heavy atom. The third-order valence-corrected chi connectivity index (χ3v) is 4.91. The number of aryl methyl sites for hydroxylation is 1. The Morgan fingerprint density at radius 2 is 1.96 bits per heavy atom. The molecule has 1 aliphatic rings. The molecule has 0 aliphatic carbocycles. The molecular weight excluding hydrogens is 314 g/mol. The van der Waals surface area contributed by atoms with Crippen LogP contribution in [0.3, 0.4) is 0 Å². The van der Waals surface area contributed by atoms with E-state index in [1.54, 1.807) is 6.07 Å². The van der Waals surface area contributed by atoms with Crippen LogP contribution >= 0.6 is 0 Å². The van der Waals surface area contributed by atoms with Gasteiger partial charge in [-0.3, -0.25) is 4.90 Å². The van der Waals surface area contributed by atoms with Gasteiger partial charge < -0.3 is 9.15 Å². The number of rotatable bonds is 4. The van der Waals surface area contributed by atoms with Crippen LogP contribution in [0.2, 0.25) is 0 Å². The minimum atomic E-state index is -0.283. The van der Waals surface area contributed by atoms with Gasteiger partial charge in [0.25, 0.3) is 0 Å². The van der Waals surface area contributed by atoms with Crippen LogP contribution in [0.5, 0.6) is 5.75 Å². The van der Waals surface area contributed by atoms with E-state index in [9.17, 15) is 4.79 Å². The predicted octanol–water partition coefficient (Wildman–Crippen LogP) is 2.33. The van der Waals surface area contributed by atoms with Crippen molar-refractivity contribution in [1.29, 1.82) is 0 Å². The Kier molecular flexibility index (Phi) is 4.28. The normalized spacial score (nSPS) is 16.4. The van der Waals surface area contributed by atoms with Crippen molar-refractivity contribution in [2.24, 2.45) is 0 Å². The number of hydrogen-bond donors (Lipinski definition) is 1. The first-order valence-electron chi connectivity index (χ1n) is 8.83. The molecule has 25 heavy (non-hydrogen) atoms. The van der Waals surface area contributed by atoms with Crippen LogP contribution in [0, 0.1) is 0 Å². The lowest BCUT2D eigenvalue weighted by atomic mass is 10.0. The average Bonchev–Trinajstić information content (AvgIpc) is 2.66. The topological polar surface area (TPSA) is 43.9 Å². The summed E-state index contributed by atoms with van der Waals surface area (Å²) in [6, 6.07) is 16.1. The number of hydrogen-bond acceptors (Lipinski definition) is 3. The molecule has 0 amide bonds.